The zero-order valence-electron chi connectivity index (χ0n) is 10.1. The highest BCUT2D eigenvalue weighted by molar-refractivity contribution is 6.18. The topological polar surface area (TPSA) is 21.3 Å². The van der Waals surface area contributed by atoms with Crippen molar-refractivity contribution in [1.82, 2.24) is 5.32 Å². The molecule has 1 aromatic carbocycles. The predicted molar refractivity (Wildman–Crippen MR) is 69.7 cm³/mol. The quantitative estimate of drug-likeness (QED) is 0.585. The standard InChI is InChI=1S/C13H20ClNO/c1-3-11-4-5-13(16-2)12(10-11)6-8-15-9-7-14/h4-5,10,15H,3,6-9H2,1-2H3. The monoisotopic (exact) mass is 241 g/mol. The third-order valence-electron chi connectivity index (χ3n) is 2.60. The Balaban J connectivity index is 2.60. The molecule has 0 aliphatic carbocycles. The maximum atomic E-state index is 5.60. The van der Waals surface area contributed by atoms with Gasteiger partial charge in [-0.2, -0.15) is 0 Å². The molecule has 0 fully saturated rings. The third-order valence-corrected chi connectivity index (χ3v) is 2.78. The Morgan fingerprint density at radius 3 is 2.75 bits per heavy atom. The average molecular weight is 242 g/mol. The van der Waals surface area contributed by atoms with Crippen LogP contribution in [-0.4, -0.2) is 26.1 Å². The molecule has 0 unspecified atom stereocenters. The van der Waals surface area contributed by atoms with Crippen molar-refractivity contribution in [3.8, 4) is 5.75 Å². The number of benzene rings is 1. The molecule has 0 aliphatic heterocycles. The SMILES string of the molecule is CCc1ccc(OC)c(CCNCCCl)c1. The second kappa shape index (κ2) is 7.53. The molecule has 90 valence electrons. The van der Waals surface area contributed by atoms with Crippen LogP contribution in [0.2, 0.25) is 0 Å². The Bertz CT molecular complexity index is 315. The molecule has 1 rings (SSSR count). The molecule has 0 heterocycles. The lowest BCUT2D eigenvalue weighted by atomic mass is 10.1. The summed E-state index contributed by atoms with van der Waals surface area (Å²) in [4.78, 5) is 0. The molecule has 0 bridgehead atoms. The fourth-order valence-corrected chi connectivity index (χ4v) is 1.80. The molecular formula is C13H20ClNO. The van der Waals surface area contributed by atoms with Crippen LogP contribution in [0.4, 0.5) is 0 Å². The minimum absolute atomic E-state index is 0.659. The predicted octanol–water partition coefficient (Wildman–Crippen LogP) is 2.63. The summed E-state index contributed by atoms with van der Waals surface area (Å²) in [7, 11) is 1.72. The summed E-state index contributed by atoms with van der Waals surface area (Å²) in [5, 5.41) is 3.28. The van der Waals surface area contributed by atoms with Gasteiger partial charge in [-0.1, -0.05) is 19.1 Å². The number of aryl methyl sites for hydroxylation is 1. The lowest BCUT2D eigenvalue weighted by Gasteiger charge is -2.10. The molecule has 0 radical (unpaired) electrons. The molecule has 0 saturated heterocycles. The van der Waals surface area contributed by atoms with Gasteiger partial charge in [-0.15, -0.1) is 11.6 Å². The first kappa shape index (κ1) is 13.3. The fraction of sp³-hybridized carbons (Fsp3) is 0.538. The van der Waals surface area contributed by atoms with Gasteiger partial charge >= 0.3 is 0 Å². The molecule has 0 spiro atoms. The van der Waals surface area contributed by atoms with E-state index in [2.05, 4.69) is 30.4 Å². The van der Waals surface area contributed by atoms with Crippen molar-refractivity contribution in [3.63, 3.8) is 0 Å². The van der Waals surface area contributed by atoms with Crippen LogP contribution in [0.15, 0.2) is 18.2 Å². The first-order chi connectivity index (χ1) is 7.81. The van der Waals surface area contributed by atoms with Crippen LogP contribution in [0.5, 0.6) is 5.75 Å². The lowest BCUT2D eigenvalue weighted by Crippen LogP contribution is -2.19. The van der Waals surface area contributed by atoms with Crippen molar-refractivity contribution in [2.45, 2.75) is 19.8 Å². The number of alkyl halides is 1. The molecule has 0 amide bonds. The Morgan fingerprint density at radius 2 is 2.12 bits per heavy atom. The number of hydrogen-bond donors (Lipinski definition) is 1. The van der Waals surface area contributed by atoms with E-state index in [4.69, 9.17) is 16.3 Å². The lowest BCUT2D eigenvalue weighted by molar-refractivity contribution is 0.409. The molecule has 0 aliphatic rings. The van der Waals surface area contributed by atoms with E-state index < -0.39 is 0 Å². The molecule has 1 N–H and O–H groups in total. The number of rotatable bonds is 7. The van der Waals surface area contributed by atoms with Gasteiger partial charge in [0.2, 0.25) is 0 Å². The Hall–Kier alpha value is -0.730. The molecule has 0 saturated carbocycles. The first-order valence-corrected chi connectivity index (χ1v) is 6.27. The van der Waals surface area contributed by atoms with Gasteiger partial charge in [0.1, 0.15) is 5.75 Å². The normalized spacial score (nSPS) is 10.4. The molecule has 16 heavy (non-hydrogen) atoms. The zero-order chi connectivity index (χ0) is 11.8. The van der Waals surface area contributed by atoms with Crippen molar-refractivity contribution in [2.75, 3.05) is 26.1 Å². The number of ether oxygens (including phenoxy) is 1. The van der Waals surface area contributed by atoms with Gasteiger partial charge in [0.05, 0.1) is 7.11 Å². The van der Waals surface area contributed by atoms with Crippen molar-refractivity contribution >= 4 is 11.6 Å². The molecule has 1 aromatic rings. The Morgan fingerprint density at radius 1 is 1.31 bits per heavy atom. The zero-order valence-corrected chi connectivity index (χ0v) is 10.8. The van der Waals surface area contributed by atoms with Gasteiger partial charge in [0.25, 0.3) is 0 Å². The minimum atomic E-state index is 0.659. The van der Waals surface area contributed by atoms with E-state index in [1.807, 2.05) is 0 Å². The van der Waals surface area contributed by atoms with E-state index in [1.54, 1.807) is 7.11 Å². The maximum Gasteiger partial charge on any atom is 0.122 e. The van der Waals surface area contributed by atoms with Crippen LogP contribution in [0.25, 0.3) is 0 Å². The van der Waals surface area contributed by atoms with Crippen LogP contribution < -0.4 is 10.1 Å². The highest BCUT2D eigenvalue weighted by atomic mass is 35.5. The summed E-state index contributed by atoms with van der Waals surface area (Å²) in [5.41, 5.74) is 2.62. The second-order valence-corrected chi connectivity index (χ2v) is 4.07. The largest absolute Gasteiger partial charge is 0.496 e. The molecule has 0 atom stereocenters. The summed E-state index contributed by atoms with van der Waals surface area (Å²) in [5.74, 6) is 1.64. The summed E-state index contributed by atoms with van der Waals surface area (Å²) in [6, 6.07) is 6.39. The van der Waals surface area contributed by atoms with E-state index in [0.717, 1.165) is 31.7 Å². The number of methoxy groups -OCH3 is 1. The van der Waals surface area contributed by atoms with Crippen LogP contribution in [0.3, 0.4) is 0 Å². The summed E-state index contributed by atoms with van der Waals surface area (Å²) in [6.45, 7) is 3.96. The van der Waals surface area contributed by atoms with Gasteiger partial charge in [-0.25, -0.2) is 0 Å². The van der Waals surface area contributed by atoms with E-state index in [1.165, 1.54) is 11.1 Å². The maximum absolute atomic E-state index is 5.60. The van der Waals surface area contributed by atoms with Gasteiger partial charge in [-0.3, -0.25) is 0 Å². The molecule has 0 aromatic heterocycles. The van der Waals surface area contributed by atoms with Crippen molar-refractivity contribution < 1.29 is 4.74 Å². The van der Waals surface area contributed by atoms with E-state index >= 15 is 0 Å². The van der Waals surface area contributed by atoms with Crippen LogP contribution >= 0.6 is 11.6 Å². The second-order valence-electron chi connectivity index (χ2n) is 3.69. The van der Waals surface area contributed by atoms with Gasteiger partial charge < -0.3 is 10.1 Å². The number of nitrogens with one attached hydrogen (secondary N) is 1. The van der Waals surface area contributed by atoms with Gasteiger partial charge in [0, 0.05) is 12.4 Å². The number of halogens is 1. The fourth-order valence-electron chi connectivity index (χ4n) is 1.66. The Labute approximate surface area is 103 Å². The van der Waals surface area contributed by atoms with Crippen molar-refractivity contribution in [1.29, 1.82) is 0 Å². The summed E-state index contributed by atoms with van der Waals surface area (Å²) >= 11 is 5.60. The van der Waals surface area contributed by atoms with E-state index in [0.29, 0.717) is 5.88 Å². The van der Waals surface area contributed by atoms with Crippen molar-refractivity contribution in [3.05, 3.63) is 29.3 Å². The van der Waals surface area contributed by atoms with Crippen LogP contribution in [0.1, 0.15) is 18.1 Å². The van der Waals surface area contributed by atoms with E-state index in [-0.39, 0.29) is 0 Å². The van der Waals surface area contributed by atoms with Crippen molar-refractivity contribution in [2.24, 2.45) is 0 Å². The van der Waals surface area contributed by atoms with E-state index in [9.17, 15) is 0 Å². The van der Waals surface area contributed by atoms with Gasteiger partial charge in [-0.05, 0) is 36.6 Å². The van der Waals surface area contributed by atoms with Crippen LogP contribution in [-0.2, 0) is 12.8 Å². The highest BCUT2D eigenvalue weighted by Gasteiger charge is 2.03. The van der Waals surface area contributed by atoms with Crippen LogP contribution in [0, 0.1) is 0 Å². The smallest absolute Gasteiger partial charge is 0.122 e. The molecule has 2 nitrogen and oxygen atoms in total. The van der Waals surface area contributed by atoms with Gasteiger partial charge in [0.15, 0.2) is 0 Å². The highest BCUT2D eigenvalue weighted by Crippen LogP contribution is 2.20. The number of hydrogen-bond acceptors (Lipinski definition) is 2. The molecule has 3 heteroatoms. The summed E-state index contributed by atoms with van der Waals surface area (Å²) in [6.07, 6.45) is 2.04. The third kappa shape index (κ3) is 4.03. The average Bonchev–Trinajstić information content (AvgIpc) is 2.34. The first-order valence-electron chi connectivity index (χ1n) is 5.74. The minimum Gasteiger partial charge on any atom is -0.496 e. The Kier molecular flexibility index (Phi) is 6.27. The summed E-state index contributed by atoms with van der Waals surface area (Å²) < 4.78 is 5.35. The molecular weight excluding hydrogens is 222 g/mol.